The van der Waals surface area contributed by atoms with Crippen molar-refractivity contribution in [3.05, 3.63) is 29.8 Å². The number of nitrogens with one attached hydrogen (secondary N) is 1. The number of hydrogen-bond donors (Lipinski definition) is 2. The molecule has 1 saturated heterocycles. The Kier molecular flexibility index (Phi) is 5.28. The van der Waals surface area contributed by atoms with Crippen molar-refractivity contribution in [1.29, 1.82) is 0 Å². The zero-order valence-electron chi connectivity index (χ0n) is 13.9. The van der Waals surface area contributed by atoms with E-state index in [2.05, 4.69) is 44.0 Å². The maximum absolute atomic E-state index is 9.68. The Morgan fingerprint density at radius 1 is 1.33 bits per heavy atom. The van der Waals surface area contributed by atoms with Crippen molar-refractivity contribution in [3.8, 4) is 5.75 Å². The first-order valence-corrected chi connectivity index (χ1v) is 8.26. The molecule has 1 aliphatic rings. The Hall–Kier alpha value is -1.06. The van der Waals surface area contributed by atoms with Gasteiger partial charge in [-0.2, -0.15) is 0 Å². The Morgan fingerprint density at radius 2 is 2.05 bits per heavy atom. The van der Waals surface area contributed by atoms with E-state index < -0.39 is 0 Å². The smallest absolute Gasteiger partial charge is 0.115 e. The molecule has 3 heteroatoms. The molecule has 1 atom stereocenters. The fourth-order valence-electron chi connectivity index (χ4n) is 3.46. The molecule has 1 heterocycles. The third kappa shape index (κ3) is 3.78. The van der Waals surface area contributed by atoms with Gasteiger partial charge in [0.1, 0.15) is 5.75 Å². The lowest BCUT2D eigenvalue weighted by Gasteiger charge is -2.49. The zero-order chi connectivity index (χ0) is 15.5. The predicted molar refractivity (Wildman–Crippen MR) is 88.5 cm³/mol. The standard InChI is InChI=1S/C18H30N2O/c1-5-18(6-2)13-20(17(11-19-18)14(3)4)12-15-8-7-9-16(21)10-15/h7-10,14,17,19,21H,5-6,11-13H2,1-4H3. The monoisotopic (exact) mass is 290 g/mol. The molecule has 1 fully saturated rings. The molecule has 0 aliphatic carbocycles. The molecule has 0 spiro atoms. The highest BCUT2D eigenvalue weighted by Crippen LogP contribution is 2.27. The predicted octanol–water partition coefficient (Wildman–Crippen LogP) is 3.38. The second-order valence-corrected chi connectivity index (χ2v) is 6.75. The molecule has 0 saturated carbocycles. The van der Waals surface area contributed by atoms with Crippen molar-refractivity contribution in [2.45, 2.75) is 58.7 Å². The molecule has 3 nitrogen and oxygen atoms in total. The minimum atomic E-state index is 0.238. The van der Waals surface area contributed by atoms with E-state index in [1.54, 1.807) is 6.07 Å². The Bertz CT molecular complexity index is 454. The molecule has 2 rings (SSSR count). The van der Waals surface area contributed by atoms with Crippen LogP contribution in [-0.2, 0) is 6.54 Å². The van der Waals surface area contributed by atoms with E-state index in [-0.39, 0.29) is 5.54 Å². The molecular formula is C18H30N2O. The lowest BCUT2D eigenvalue weighted by molar-refractivity contribution is 0.0443. The van der Waals surface area contributed by atoms with Crippen molar-refractivity contribution in [1.82, 2.24) is 10.2 Å². The van der Waals surface area contributed by atoms with Gasteiger partial charge in [-0.05, 0) is 36.5 Å². The van der Waals surface area contributed by atoms with Crippen LogP contribution < -0.4 is 5.32 Å². The molecule has 0 amide bonds. The summed E-state index contributed by atoms with van der Waals surface area (Å²) in [6.45, 7) is 12.2. The van der Waals surface area contributed by atoms with Crippen molar-refractivity contribution in [2.75, 3.05) is 13.1 Å². The number of nitrogens with zero attached hydrogens (tertiary/aromatic N) is 1. The summed E-state index contributed by atoms with van der Waals surface area (Å²) < 4.78 is 0. The first-order chi connectivity index (χ1) is 9.99. The van der Waals surface area contributed by atoms with Gasteiger partial charge in [0.05, 0.1) is 0 Å². The summed E-state index contributed by atoms with van der Waals surface area (Å²) in [6.07, 6.45) is 2.32. The van der Waals surface area contributed by atoms with Crippen LogP contribution in [0.25, 0.3) is 0 Å². The molecular weight excluding hydrogens is 260 g/mol. The minimum Gasteiger partial charge on any atom is -0.508 e. The quantitative estimate of drug-likeness (QED) is 0.872. The van der Waals surface area contributed by atoms with Crippen LogP contribution in [0.15, 0.2) is 24.3 Å². The SMILES string of the molecule is CCC1(CC)CN(Cc2cccc(O)c2)C(C(C)C)CN1. The van der Waals surface area contributed by atoms with Crippen LogP contribution in [0.3, 0.4) is 0 Å². The van der Waals surface area contributed by atoms with E-state index in [0.717, 1.165) is 32.5 Å². The molecule has 0 aromatic heterocycles. The Labute approximate surface area is 129 Å². The lowest BCUT2D eigenvalue weighted by atomic mass is 9.86. The van der Waals surface area contributed by atoms with Gasteiger partial charge in [-0.25, -0.2) is 0 Å². The first-order valence-electron chi connectivity index (χ1n) is 8.26. The summed E-state index contributed by atoms with van der Waals surface area (Å²) >= 11 is 0. The second kappa shape index (κ2) is 6.80. The lowest BCUT2D eigenvalue weighted by Crippen LogP contribution is -2.64. The summed E-state index contributed by atoms with van der Waals surface area (Å²) in [5, 5.41) is 13.5. The number of aromatic hydroxyl groups is 1. The van der Waals surface area contributed by atoms with Gasteiger partial charge in [-0.3, -0.25) is 4.90 Å². The minimum absolute atomic E-state index is 0.238. The molecule has 1 aliphatic heterocycles. The summed E-state index contributed by atoms with van der Waals surface area (Å²) in [5.74, 6) is 0.988. The van der Waals surface area contributed by atoms with E-state index in [1.165, 1.54) is 5.56 Å². The van der Waals surface area contributed by atoms with E-state index in [1.807, 2.05) is 12.1 Å². The van der Waals surface area contributed by atoms with Gasteiger partial charge in [-0.1, -0.05) is 39.8 Å². The van der Waals surface area contributed by atoms with E-state index in [9.17, 15) is 5.11 Å². The highest BCUT2D eigenvalue weighted by Gasteiger charge is 2.37. The summed E-state index contributed by atoms with van der Waals surface area (Å²) in [7, 11) is 0. The van der Waals surface area contributed by atoms with Crippen molar-refractivity contribution >= 4 is 0 Å². The number of benzene rings is 1. The molecule has 1 aromatic rings. The third-order valence-corrected chi connectivity index (χ3v) is 5.08. The fraction of sp³-hybridized carbons (Fsp3) is 0.667. The van der Waals surface area contributed by atoms with Gasteiger partial charge in [0.25, 0.3) is 0 Å². The summed E-state index contributed by atoms with van der Waals surface area (Å²) in [4.78, 5) is 2.60. The van der Waals surface area contributed by atoms with Gasteiger partial charge >= 0.3 is 0 Å². The summed E-state index contributed by atoms with van der Waals surface area (Å²) in [6, 6.07) is 8.23. The molecule has 0 radical (unpaired) electrons. The molecule has 0 bridgehead atoms. The number of rotatable bonds is 5. The molecule has 1 aromatic carbocycles. The van der Waals surface area contributed by atoms with Gasteiger partial charge in [0.2, 0.25) is 0 Å². The molecule has 1 unspecified atom stereocenters. The van der Waals surface area contributed by atoms with Crippen LogP contribution in [0.1, 0.15) is 46.1 Å². The van der Waals surface area contributed by atoms with Gasteiger partial charge in [0.15, 0.2) is 0 Å². The Balaban J connectivity index is 2.18. The average molecular weight is 290 g/mol. The highest BCUT2D eigenvalue weighted by atomic mass is 16.3. The maximum atomic E-state index is 9.68. The fourth-order valence-corrected chi connectivity index (χ4v) is 3.46. The van der Waals surface area contributed by atoms with Gasteiger partial charge in [-0.15, -0.1) is 0 Å². The van der Waals surface area contributed by atoms with Gasteiger partial charge < -0.3 is 10.4 Å². The van der Waals surface area contributed by atoms with Crippen LogP contribution in [-0.4, -0.2) is 34.7 Å². The van der Waals surface area contributed by atoms with Crippen molar-refractivity contribution in [2.24, 2.45) is 5.92 Å². The topological polar surface area (TPSA) is 35.5 Å². The van der Waals surface area contributed by atoms with Crippen molar-refractivity contribution < 1.29 is 5.11 Å². The van der Waals surface area contributed by atoms with Crippen LogP contribution in [0.4, 0.5) is 0 Å². The van der Waals surface area contributed by atoms with E-state index in [0.29, 0.717) is 17.7 Å². The number of piperazine rings is 1. The number of phenolic OH excluding ortho intramolecular Hbond substituents is 1. The molecule has 2 N–H and O–H groups in total. The van der Waals surface area contributed by atoms with Crippen LogP contribution in [0.2, 0.25) is 0 Å². The third-order valence-electron chi connectivity index (χ3n) is 5.08. The number of phenols is 1. The second-order valence-electron chi connectivity index (χ2n) is 6.75. The zero-order valence-corrected chi connectivity index (χ0v) is 13.9. The average Bonchev–Trinajstić information content (AvgIpc) is 2.47. The molecule has 118 valence electrons. The van der Waals surface area contributed by atoms with Crippen molar-refractivity contribution in [3.63, 3.8) is 0 Å². The number of hydrogen-bond acceptors (Lipinski definition) is 3. The van der Waals surface area contributed by atoms with Gasteiger partial charge in [0, 0.05) is 31.2 Å². The van der Waals surface area contributed by atoms with E-state index >= 15 is 0 Å². The first kappa shape index (κ1) is 16.3. The van der Waals surface area contributed by atoms with Crippen LogP contribution in [0, 0.1) is 5.92 Å². The largest absolute Gasteiger partial charge is 0.508 e. The summed E-state index contributed by atoms with van der Waals surface area (Å²) in [5.41, 5.74) is 1.44. The maximum Gasteiger partial charge on any atom is 0.115 e. The van der Waals surface area contributed by atoms with Crippen LogP contribution in [0.5, 0.6) is 5.75 Å². The Morgan fingerprint density at radius 3 is 2.62 bits per heavy atom. The van der Waals surface area contributed by atoms with Crippen LogP contribution >= 0.6 is 0 Å². The molecule has 21 heavy (non-hydrogen) atoms. The normalized spacial score (nSPS) is 22.6. The van der Waals surface area contributed by atoms with E-state index in [4.69, 9.17) is 0 Å². The highest BCUT2D eigenvalue weighted by molar-refractivity contribution is 5.27.